The molecule has 0 radical (unpaired) electrons. The van der Waals surface area contributed by atoms with Crippen molar-refractivity contribution in [3.63, 3.8) is 0 Å². The van der Waals surface area contributed by atoms with Crippen molar-refractivity contribution in [2.45, 2.75) is 12.7 Å². The number of hydrogen-bond acceptors (Lipinski definition) is 4. The molecule has 0 aliphatic rings. The van der Waals surface area contributed by atoms with Crippen molar-refractivity contribution in [3.05, 3.63) is 64.6 Å². The van der Waals surface area contributed by atoms with Gasteiger partial charge in [-0.2, -0.15) is 18.3 Å². The number of likely N-dealkylation sites (N-methyl/N-ethyl adjacent to an activating group) is 2. The van der Waals surface area contributed by atoms with E-state index in [2.05, 4.69) is 10.2 Å². The second-order valence-corrected chi connectivity index (χ2v) is 8.47. The highest BCUT2D eigenvalue weighted by molar-refractivity contribution is 6.06. The quantitative estimate of drug-likeness (QED) is 0.465. The molecule has 0 spiro atoms. The number of nitrogens with zero attached hydrogens (tertiary/aromatic N) is 4. The van der Waals surface area contributed by atoms with E-state index in [4.69, 9.17) is 0 Å². The third-order valence-corrected chi connectivity index (χ3v) is 5.71. The molecule has 0 aliphatic heterocycles. The largest absolute Gasteiger partial charge is 0.406 e. The molecule has 10 heteroatoms. The molecule has 1 amide bonds. The van der Waals surface area contributed by atoms with E-state index in [0.29, 0.717) is 45.2 Å². The first kappa shape index (κ1) is 23.5. The van der Waals surface area contributed by atoms with E-state index >= 15 is 0 Å². The maximum atomic E-state index is 13.4. The lowest BCUT2D eigenvalue weighted by molar-refractivity contribution is -0.140. The number of hydrogen-bond donors (Lipinski definition) is 1. The minimum absolute atomic E-state index is 0.0857. The molecule has 2 heterocycles. The van der Waals surface area contributed by atoms with E-state index in [1.807, 2.05) is 19.0 Å². The molecule has 0 unspecified atom stereocenters. The van der Waals surface area contributed by atoms with Gasteiger partial charge in [0.2, 0.25) is 0 Å². The number of amides is 1. The van der Waals surface area contributed by atoms with E-state index in [0.717, 1.165) is 0 Å². The molecule has 1 N–H and O–H groups in total. The van der Waals surface area contributed by atoms with Gasteiger partial charge in [0.15, 0.2) is 0 Å². The summed E-state index contributed by atoms with van der Waals surface area (Å²) in [4.78, 5) is 29.6. The van der Waals surface area contributed by atoms with Gasteiger partial charge in [0, 0.05) is 31.1 Å². The van der Waals surface area contributed by atoms with Gasteiger partial charge in [-0.05, 0) is 37.4 Å². The predicted octanol–water partition coefficient (Wildman–Crippen LogP) is 3.74. The van der Waals surface area contributed by atoms with E-state index in [-0.39, 0.29) is 16.8 Å². The van der Waals surface area contributed by atoms with Crippen LogP contribution in [0.3, 0.4) is 0 Å². The average Bonchev–Trinajstić information content (AvgIpc) is 3.29. The Bertz CT molecular complexity index is 1420. The number of carbonyl (C=O) groups excluding carboxylic acids is 1. The normalized spacial score (nSPS) is 12.1. The first-order valence-electron chi connectivity index (χ1n) is 10.6. The summed E-state index contributed by atoms with van der Waals surface area (Å²) in [6, 6.07) is 11.8. The molecule has 0 saturated heterocycles. The third-order valence-electron chi connectivity index (χ3n) is 5.71. The monoisotopic (exact) mass is 471 g/mol. The lowest BCUT2D eigenvalue weighted by Gasteiger charge is -2.21. The molecule has 0 bridgehead atoms. The molecule has 2 aromatic carbocycles. The highest BCUT2D eigenvalue weighted by Crippen LogP contribution is 2.31. The van der Waals surface area contributed by atoms with Gasteiger partial charge in [0.25, 0.3) is 11.5 Å². The minimum Gasteiger partial charge on any atom is -0.340 e. The summed E-state index contributed by atoms with van der Waals surface area (Å²) in [5.74, 6) is -0.200. The summed E-state index contributed by atoms with van der Waals surface area (Å²) in [5, 5.41) is 7.08. The third kappa shape index (κ3) is 4.54. The van der Waals surface area contributed by atoms with E-state index < -0.39 is 18.3 Å². The van der Waals surface area contributed by atoms with Crippen LogP contribution in [0.1, 0.15) is 10.4 Å². The molecule has 4 rings (SSSR count). The Balaban J connectivity index is 1.87. The molecule has 34 heavy (non-hydrogen) atoms. The van der Waals surface area contributed by atoms with Gasteiger partial charge in [-0.1, -0.05) is 30.3 Å². The Labute approximate surface area is 193 Å². The summed E-state index contributed by atoms with van der Waals surface area (Å²) in [5.41, 5.74) is 1.24. The molecule has 4 aromatic rings. The van der Waals surface area contributed by atoms with Gasteiger partial charge in [0.05, 0.1) is 22.6 Å². The fourth-order valence-corrected chi connectivity index (χ4v) is 3.96. The van der Waals surface area contributed by atoms with E-state index in [1.165, 1.54) is 12.3 Å². The zero-order chi connectivity index (χ0) is 24.6. The van der Waals surface area contributed by atoms with Crippen LogP contribution in [-0.2, 0) is 6.54 Å². The number of H-pyrrole nitrogens is 1. The lowest BCUT2D eigenvalue weighted by atomic mass is 9.97. The van der Waals surface area contributed by atoms with Crippen LogP contribution in [0.15, 0.2) is 53.5 Å². The fourth-order valence-electron chi connectivity index (χ4n) is 3.96. The topological polar surface area (TPSA) is 74.2 Å². The molecule has 0 fully saturated rings. The van der Waals surface area contributed by atoms with Crippen molar-refractivity contribution < 1.29 is 18.0 Å². The molecular weight excluding hydrogens is 447 g/mol. The number of rotatable bonds is 6. The second kappa shape index (κ2) is 8.94. The molecule has 2 aromatic heterocycles. The standard InChI is InChI=1S/C24H24F3N5O2/c1-30(2)10-11-31(3)22(33)17-7-5-4-6-16(17)15-8-9-18-20(12-15)32(14-24(25,26)27)23(34)19-13-28-29-21(18)19/h4-9,12-13H,10-11,14H2,1-3H3,(H,28,29). The smallest absolute Gasteiger partial charge is 0.340 e. The zero-order valence-electron chi connectivity index (χ0n) is 19.0. The van der Waals surface area contributed by atoms with Crippen LogP contribution in [0.2, 0.25) is 0 Å². The van der Waals surface area contributed by atoms with Crippen LogP contribution < -0.4 is 5.56 Å². The van der Waals surface area contributed by atoms with Gasteiger partial charge >= 0.3 is 6.18 Å². The summed E-state index contributed by atoms with van der Waals surface area (Å²) in [6.45, 7) is -0.230. The Kier molecular flexibility index (Phi) is 6.18. The van der Waals surface area contributed by atoms with Crippen LogP contribution >= 0.6 is 0 Å². The molecule has 178 valence electrons. The number of benzene rings is 2. The van der Waals surface area contributed by atoms with Gasteiger partial charge in [-0.3, -0.25) is 19.3 Å². The number of aromatic nitrogens is 3. The number of aromatic amines is 1. The zero-order valence-corrected chi connectivity index (χ0v) is 19.0. The van der Waals surface area contributed by atoms with Crippen molar-refractivity contribution in [2.75, 3.05) is 34.2 Å². The highest BCUT2D eigenvalue weighted by atomic mass is 19.4. The number of nitrogens with one attached hydrogen (secondary N) is 1. The molecule has 0 saturated carbocycles. The Morgan fingerprint density at radius 3 is 2.50 bits per heavy atom. The predicted molar refractivity (Wildman–Crippen MR) is 125 cm³/mol. The first-order chi connectivity index (χ1) is 16.1. The van der Waals surface area contributed by atoms with Crippen LogP contribution in [0, 0.1) is 0 Å². The summed E-state index contributed by atoms with van der Waals surface area (Å²) < 4.78 is 40.8. The number of alkyl halides is 3. The Morgan fingerprint density at radius 2 is 1.79 bits per heavy atom. The van der Waals surface area contributed by atoms with Crippen molar-refractivity contribution >= 4 is 27.7 Å². The number of carbonyl (C=O) groups is 1. The second-order valence-electron chi connectivity index (χ2n) is 8.47. The summed E-state index contributed by atoms with van der Waals surface area (Å²) in [6.07, 6.45) is -3.36. The van der Waals surface area contributed by atoms with Gasteiger partial charge in [-0.25, -0.2) is 0 Å². The van der Waals surface area contributed by atoms with Gasteiger partial charge < -0.3 is 9.80 Å². The molecule has 0 aliphatic carbocycles. The van der Waals surface area contributed by atoms with Crippen molar-refractivity contribution in [2.24, 2.45) is 0 Å². The Morgan fingerprint density at radius 1 is 1.06 bits per heavy atom. The summed E-state index contributed by atoms with van der Waals surface area (Å²) in [7, 11) is 5.54. The fraction of sp³-hybridized carbons (Fsp3) is 0.292. The van der Waals surface area contributed by atoms with Crippen molar-refractivity contribution in [1.82, 2.24) is 24.6 Å². The SMILES string of the molecule is CN(C)CCN(C)C(=O)c1ccccc1-c1ccc2c3[nH]ncc3c(=O)n(CC(F)(F)F)c2c1. The van der Waals surface area contributed by atoms with Gasteiger partial charge in [0.1, 0.15) is 6.54 Å². The maximum Gasteiger partial charge on any atom is 0.406 e. The van der Waals surface area contributed by atoms with Crippen LogP contribution in [0.5, 0.6) is 0 Å². The lowest BCUT2D eigenvalue weighted by Crippen LogP contribution is -2.33. The van der Waals surface area contributed by atoms with Crippen LogP contribution in [-0.4, -0.2) is 70.9 Å². The molecule has 7 nitrogen and oxygen atoms in total. The average molecular weight is 471 g/mol. The molecule has 0 atom stereocenters. The van der Waals surface area contributed by atoms with Crippen LogP contribution in [0.4, 0.5) is 13.2 Å². The molecular formula is C24H24F3N5O2. The van der Waals surface area contributed by atoms with Crippen molar-refractivity contribution in [3.8, 4) is 11.1 Å². The maximum absolute atomic E-state index is 13.4. The minimum atomic E-state index is -4.59. The van der Waals surface area contributed by atoms with Crippen LogP contribution in [0.25, 0.3) is 32.9 Å². The Hall–Kier alpha value is -3.66. The first-order valence-corrected chi connectivity index (χ1v) is 10.6. The number of fused-ring (bicyclic) bond motifs is 3. The van der Waals surface area contributed by atoms with E-state index in [9.17, 15) is 22.8 Å². The van der Waals surface area contributed by atoms with E-state index in [1.54, 1.807) is 48.3 Å². The highest BCUT2D eigenvalue weighted by Gasteiger charge is 2.30. The number of pyridine rings is 1. The number of halogens is 3. The summed E-state index contributed by atoms with van der Waals surface area (Å²) >= 11 is 0. The van der Waals surface area contributed by atoms with Gasteiger partial charge in [-0.15, -0.1) is 0 Å². The van der Waals surface area contributed by atoms with Crippen molar-refractivity contribution in [1.29, 1.82) is 0 Å².